The van der Waals surface area contributed by atoms with Gasteiger partial charge in [-0.1, -0.05) is 16.8 Å². The van der Waals surface area contributed by atoms with Gasteiger partial charge < -0.3 is 0 Å². The lowest BCUT2D eigenvalue weighted by Gasteiger charge is -2.02. The Hall–Kier alpha value is 0.530. The SMILES string of the molecule is CP(C)(=S)OOO. The zero-order chi connectivity index (χ0) is 5.91. The first-order chi connectivity index (χ1) is 3.06. The molecule has 0 amide bonds. The van der Waals surface area contributed by atoms with Gasteiger partial charge in [-0.15, -0.1) is 0 Å². The number of hydrogen-bond acceptors (Lipinski definition) is 4. The highest BCUT2D eigenvalue weighted by Crippen LogP contribution is 2.37. The second kappa shape index (κ2) is 2.74. The van der Waals surface area contributed by atoms with E-state index < -0.39 is 6.26 Å². The molecule has 0 bridgehead atoms. The number of rotatable bonds is 2. The standard InChI is InChI=1S/C2H7O3PS/c1-6(2,7)5-4-3/h3H,1-2H3. The second-order valence-corrected chi connectivity index (χ2v) is 6.69. The van der Waals surface area contributed by atoms with Gasteiger partial charge in [-0.05, 0) is 13.3 Å². The Morgan fingerprint density at radius 1 is 1.57 bits per heavy atom. The topological polar surface area (TPSA) is 38.7 Å². The lowest BCUT2D eigenvalue weighted by Crippen LogP contribution is -1.82. The zero-order valence-electron chi connectivity index (χ0n) is 4.12. The molecule has 0 heterocycles. The summed E-state index contributed by atoms with van der Waals surface area (Å²) in [6.45, 7) is 3.39. The minimum absolute atomic E-state index is 1.69. The van der Waals surface area contributed by atoms with Crippen molar-refractivity contribution in [2.45, 2.75) is 0 Å². The third-order valence-electron chi connectivity index (χ3n) is 0.213. The van der Waals surface area contributed by atoms with Crippen LogP contribution in [0.5, 0.6) is 0 Å². The normalized spacial score (nSPS) is 11.9. The Morgan fingerprint density at radius 2 is 2.00 bits per heavy atom. The molecule has 0 rings (SSSR count). The van der Waals surface area contributed by atoms with Gasteiger partial charge >= 0.3 is 0 Å². The van der Waals surface area contributed by atoms with Gasteiger partial charge in [0.05, 0.1) is 0 Å². The molecule has 0 radical (unpaired) electrons. The predicted molar refractivity (Wildman–Crippen MR) is 30.9 cm³/mol. The van der Waals surface area contributed by atoms with Crippen molar-refractivity contribution in [1.82, 2.24) is 0 Å². The average Bonchev–Trinajstić information content (AvgIpc) is 1.30. The molecule has 0 aromatic heterocycles. The maximum atomic E-state index is 7.64. The first-order valence-electron chi connectivity index (χ1n) is 1.61. The van der Waals surface area contributed by atoms with E-state index in [9.17, 15) is 0 Å². The summed E-state index contributed by atoms with van der Waals surface area (Å²) >= 11 is 4.69. The molecule has 0 spiro atoms. The van der Waals surface area contributed by atoms with Crippen LogP contribution in [0.25, 0.3) is 0 Å². The molecular weight excluding hydrogens is 135 g/mol. The van der Waals surface area contributed by atoms with Crippen LogP contribution in [0.4, 0.5) is 0 Å². The van der Waals surface area contributed by atoms with Crippen molar-refractivity contribution in [3.63, 3.8) is 0 Å². The van der Waals surface area contributed by atoms with Gasteiger partial charge in [0, 0.05) is 0 Å². The fraction of sp³-hybridized carbons (Fsp3) is 1.00. The van der Waals surface area contributed by atoms with Crippen molar-refractivity contribution in [2.24, 2.45) is 0 Å². The summed E-state index contributed by atoms with van der Waals surface area (Å²) in [7, 11) is 0. The van der Waals surface area contributed by atoms with Crippen molar-refractivity contribution in [3.8, 4) is 0 Å². The van der Waals surface area contributed by atoms with Crippen LogP contribution in [0.15, 0.2) is 0 Å². The summed E-state index contributed by atoms with van der Waals surface area (Å²) < 4.78 is 4.21. The first-order valence-corrected chi connectivity index (χ1v) is 5.22. The molecule has 3 nitrogen and oxygen atoms in total. The van der Waals surface area contributed by atoms with Crippen LogP contribution in [0.1, 0.15) is 0 Å². The molecule has 0 aromatic rings. The first kappa shape index (κ1) is 7.53. The Labute approximate surface area is 47.2 Å². The molecule has 1 N–H and O–H groups in total. The molecule has 0 aliphatic carbocycles. The number of hydrogen-bond donors (Lipinski definition) is 1. The summed E-state index contributed by atoms with van der Waals surface area (Å²) in [5.41, 5.74) is 0. The molecule has 7 heavy (non-hydrogen) atoms. The fourth-order valence-electron chi connectivity index (χ4n) is 0.0803. The quantitative estimate of drug-likeness (QED) is 0.355. The molecule has 0 saturated carbocycles. The van der Waals surface area contributed by atoms with E-state index in [-0.39, 0.29) is 0 Å². The minimum atomic E-state index is -1.80. The highest BCUT2D eigenvalue weighted by molar-refractivity contribution is 8.11. The third kappa shape index (κ3) is 6.53. The van der Waals surface area contributed by atoms with E-state index in [0.717, 1.165) is 0 Å². The smallest absolute Gasteiger partial charge is 0.103 e. The summed E-state index contributed by atoms with van der Waals surface area (Å²) in [5.74, 6) is 0. The monoisotopic (exact) mass is 142 g/mol. The van der Waals surface area contributed by atoms with Crippen molar-refractivity contribution >= 4 is 18.1 Å². The van der Waals surface area contributed by atoms with E-state index in [1.807, 2.05) is 0 Å². The lowest BCUT2D eigenvalue weighted by molar-refractivity contribution is -0.436. The van der Waals surface area contributed by atoms with Crippen LogP contribution in [0.2, 0.25) is 0 Å². The summed E-state index contributed by atoms with van der Waals surface area (Å²) in [6.07, 6.45) is -1.80. The van der Waals surface area contributed by atoms with Gasteiger partial charge in [0.15, 0.2) is 0 Å². The van der Waals surface area contributed by atoms with Crippen molar-refractivity contribution in [1.29, 1.82) is 0 Å². The molecule has 44 valence electrons. The van der Waals surface area contributed by atoms with E-state index in [1.54, 1.807) is 13.3 Å². The second-order valence-electron chi connectivity index (χ2n) is 1.40. The van der Waals surface area contributed by atoms with Gasteiger partial charge in [-0.25, -0.2) is 5.26 Å². The minimum Gasteiger partial charge on any atom is -0.221 e. The Kier molecular flexibility index (Phi) is 2.95. The van der Waals surface area contributed by atoms with Crippen LogP contribution in [-0.4, -0.2) is 18.6 Å². The molecule has 0 fully saturated rings. The zero-order valence-corrected chi connectivity index (χ0v) is 5.83. The molecule has 0 atom stereocenters. The molecule has 5 heteroatoms. The molecule has 0 aromatic carbocycles. The van der Waals surface area contributed by atoms with Crippen molar-refractivity contribution in [2.75, 3.05) is 13.3 Å². The van der Waals surface area contributed by atoms with Gasteiger partial charge in [0.25, 0.3) is 0 Å². The van der Waals surface area contributed by atoms with Gasteiger partial charge in [-0.2, -0.15) is 4.67 Å². The van der Waals surface area contributed by atoms with E-state index in [0.29, 0.717) is 0 Å². The van der Waals surface area contributed by atoms with E-state index in [2.05, 4.69) is 21.5 Å². The van der Waals surface area contributed by atoms with Gasteiger partial charge in [0.1, 0.15) is 6.26 Å². The van der Waals surface area contributed by atoms with Gasteiger partial charge in [0.2, 0.25) is 0 Å². The Balaban J connectivity index is 3.36. The molecule has 0 unspecified atom stereocenters. The lowest BCUT2D eigenvalue weighted by atomic mass is 11.9. The summed E-state index contributed by atoms with van der Waals surface area (Å²) in [6, 6.07) is 0. The molecule has 0 aliphatic heterocycles. The Morgan fingerprint density at radius 3 is 2.00 bits per heavy atom. The summed E-state index contributed by atoms with van der Waals surface area (Å²) in [4.78, 5) is 0. The van der Waals surface area contributed by atoms with E-state index >= 15 is 0 Å². The molecular formula is C2H7O3PS. The van der Waals surface area contributed by atoms with Crippen LogP contribution in [0, 0.1) is 0 Å². The van der Waals surface area contributed by atoms with Crippen molar-refractivity contribution < 1.29 is 15.0 Å². The fourth-order valence-corrected chi connectivity index (χ4v) is 0.322. The maximum Gasteiger partial charge on any atom is 0.103 e. The van der Waals surface area contributed by atoms with Crippen LogP contribution < -0.4 is 0 Å². The summed E-state index contributed by atoms with van der Waals surface area (Å²) in [5, 5.41) is 11.0. The highest BCUT2D eigenvalue weighted by Gasteiger charge is 1.99. The van der Waals surface area contributed by atoms with Crippen LogP contribution >= 0.6 is 6.26 Å². The highest BCUT2D eigenvalue weighted by atomic mass is 32.4. The average molecular weight is 142 g/mol. The largest absolute Gasteiger partial charge is 0.221 e. The predicted octanol–water partition coefficient (Wildman–Crippen LogP) is 1.06. The molecule has 0 saturated heterocycles. The maximum absolute atomic E-state index is 7.64. The third-order valence-corrected chi connectivity index (χ3v) is 0.821. The van der Waals surface area contributed by atoms with Crippen LogP contribution in [0.3, 0.4) is 0 Å². The van der Waals surface area contributed by atoms with E-state index in [4.69, 9.17) is 5.26 Å². The van der Waals surface area contributed by atoms with Gasteiger partial charge in [-0.3, -0.25) is 0 Å². The Bertz CT molecular complexity index is 86.9. The van der Waals surface area contributed by atoms with E-state index in [1.165, 1.54) is 0 Å². The molecule has 0 aliphatic rings. The van der Waals surface area contributed by atoms with Crippen LogP contribution in [-0.2, 0) is 21.5 Å². The van der Waals surface area contributed by atoms with Crippen molar-refractivity contribution in [3.05, 3.63) is 0 Å².